The van der Waals surface area contributed by atoms with Gasteiger partial charge in [-0.05, 0) is 24.7 Å². The van der Waals surface area contributed by atoms with Crippen LogP contribution < -0.4 is 5.73 Å². The fourth-order valence-electron chi connectivity index (χ4n) is 2.24. The first-order chi connectivity index (χ1) is 8.33. The van der Waals surface area contributed by atoms with E-state index in [0.717, 1.165) is 25.7 Å². The molecule has 0 heterocycles. The Morgan fingerprint density at radius 1 is 1.22 bits per heavy atom. The van der Waals surface area contributed by atoms with Gasteiger partial charge in [-0.15, -0.1) is 0 Å². The van der Waals surface area contributed by atoms with Crippen LogP contribution in [-0.4, -0.2) is 31.6 Å². The quantitative estimate of drug-likeness (QED) is 0.754. The van der Waals surface area contributed by atoms with Crippen LogP contribution in [-0.2, 0) is 4.74 Å². The molecule has 1 aliphatic rings. The standard InChI is InChI=1S/C12H21F4NO/c1-8-2-4-9(5-3-8)10(17)6-18-7-12(15,16)11(13)14/h8-11H,2-7,17H2,1H3. The predicted octanol–water partition coefficient (Wildman–Crippen LogP) is 3.06. The first-order valence-electron chi connectivity index (χ1n) is 6.32. The maximum Gasteiger partial charge on any atom is 0.330 e. The topological polar surface area (TPSA) is 35.2 Å². The highest BCUT2D eigenvalue weighted by Gasteiger charge is 2.41. The van der Waals surface area contributed by atoms with E-state index in [1.54, 1.807) is 0 Å². The fourth-order valence-corrected chi connectivity index (χ4v) is 2.24. The highest BCUT2D eigenvalue weighted by atomic mass is 19.3. The summed E-state index contributed by atoms with van der Waals surface area (Å²) in [6, 6.07) is -0.342. The zero-order valence-corrected chi connectivity index (χ0v) is 10.5. The molecule has 0 radical (unpaired) electrons. The van der Waals surface area contributed by atoms with Gasteiger partial charge in [-0.1, -0.05) is 19.8 Å². The zero-order chi connectivity index (χ0) is 13.8. The maximum atomic E-state index is 12.6. The summed E-state index contributed by atoms with van der Waals surface area (Å²) in [5.74, 6) is -3.15. The SMILES string of the molecule is CC1CCC(C(N)COCC(F)(F)C(F)F)CC1. The molecular formula is C12H21F4NO. The number of hydrogen-bond donors (Lipinski definition) is 1. The molecule has 1 rings (SSSR count). The third kappa shape index (κ3) is 4.72. The van der Waals surface area contributed by atoms with Crippen LogP contribution in [0, 0.1) is 11.8 Å². The monoisotopic (exact) mass is 271 g/mol. The van der Waals surface area contributed by atoms with Crippen molar-refractivity contribution in [3.63, 3.8) is 0 Å². The lowest BCUT2D eigenvalue weighted by molar-refractivity contribution is -0.167. The lowest BCUT2D eigenvalue weighted by Gasteiger charge is -2.30. The van der Waals surface area contributed by atoms with Gasteiger partial charge in [0.2, 0.25) is 0 Å². The number of hydrogen-bond acceptors (Lipinski definition) is 2. The van der Waals surface area contributed by atoms with Crippen LogP contribution in [0.1, 0.15) is 32.6 Å². The molecule has 0 aromatic rings. The predicted molar refractivity (Wildman–Crippen MR) is 60.9 cm³/mol. The molecule has 0 saturated heterocycles. The number of alkyl halides is 4. The summed E-state index contributed by atoms with van der Waals surface area (Å²) in [4.78, 5) is 0. The number of ether oxygens (including phenoxy) is 1. The van der Waals surface area contributed by atoms with Crippen molar-refractivity contribution >= 4 is 0 Å². The lowest BCUT2D eigenvalue weighted by atomic mass is 9.80. The van der Waals surface area contributed by atoms with Gasteiger partial charge in [0.05, 0.1) is 6.61 Å². The zero-order valence-electron chi connectivity index (χ0n) is 10.5. The van der Waals surface area contributed by atoms with E-state index in [1.165, 1.54) is 0 Å². The maximum absolute atomic E-state index is 12.6. The highest BCUT2D eigenvalue weighted by Crippen LogP contribution is 2.30. The molecule has 1 saturated carbocycles. The summed E-state index contributed by atoms with van der Waals surface area (Å²) in [6.45, 7) is 0.824. The Bertz CT molecular complexity index is 242. The first kappa shape index (κ1) is 15.7. The van der Waals surface area contributed by atoms with E-state index < -0.39 is 19.0 Å². The molecule has 1 fully saturated rings. The third-order valence-corrected chi connectivity index (χ3v) is 3.59. The van der Waals surface area contributed by atoms with Gasteiger partial charge in [0.1, 0.15) is 6.61 Å². The molecule has 1 aliphatic carbocycles. The molecule has 1 atom stereocenters. The van der Waals surface area contributed by atoms with E-state index in [1.807, 2.05) is 0 Å². The van der Waals surface area contributed by atoms with Crippen LogP contribution in [0.3, 0.4) is 0 Å². The summed E-state index contributed by atoms with van der Waals surface area (Å²) in [6.07, 6.45) is 0.370. The molecule has 0 aliphatic heterocycles. The lowest BCUT2D eigenvalue weighted by Crippen LogP contribution is -2.39. The molecule has 108 valence electrons. The Hall–Kier alpha value is -0.360. The molecule has 0 amide bonds. The second kappa shape index (κ2) is 6.70. The van der Waals surface area contributed by atoms with Gasteiger partial charge < -0.3 is 10.5 Å². The van der Waals surface area contributed by atoms with Gasteiger partial charge in [-0.2, -0.15) is 8.78 Å². The van der Waals surface area contributed by atoms with Crippen molar-refractivity contribution in [3.05, 3.63) is 0 Å². The summed E-state index contributed by atoms with van der Waals surface area (Å²) >= 11 is 0. The van der Waals surface area contributed by atoms with Gasteiger partial charge in [0.15, 0.2) is 0 Å². The van der Waals surface area contributed by atoms with Crippen molar-refractivity contribution in [1.82, 2.24) is 0 Å². The Kier molecular flexibility index (Phi) is 5.85. The van der Waals surface area contributed by atoms with Crippen molar-refractivity contribution < 1.29 is 22.3 Å². The van der Waals surface area contributed by atoms with Crippen molar-refractivity contribution in [1.29, 1.82) is 0 Å². The normalized spacial score (nSPS) is 27.5. The van der Waals surface area contributed by atoms with Crippen molar-refractivity contribution in [2.45, 2.75) is 51.0 Å². The van der Waals surface area contributed by atoms with Gasteiger partial charge in [-0.25, -0.2) is 8.78 Å². The second-order valence-electron chi connectivity index (χ2n) is 5.26. The second-order valence-corrected chi connectivity index (χ2v) is 5.26. The molecule has 1 unspecified atom stereocenters. The van der Waals surface area contributed by atoms with Gasteiger partial charge in [0, 0.05) is 6.04 Å². The van der Waals surface area contributed by atoms with E-state index in [2.05, 4.69) is 11.7 Å². The van der Waals surface area contributed by atoms with Crippen molar-refractivity contribution in [2.75, 3.05) is 13.2 Å². The number of nitrogens with two attached hydrogens (primary N) is 1. The van der Waals surface area contributed by atoms with Crippen molar-refractivity contribution in [3.8, 4) is 0 Å². The number of rotatable bonds is 6. The smallest absolute Gasteiger partial charge is 0.330 e. The van der Waals surface area contributed by atoms with Crippen LogP contribution in [0.4, 0.5) is 17.6 Å². The van der Waals surface area contributed by atoms with Gasteiger partial charge in [0.25, 0.3) is 0 Å². The molecule has 0 spiro atoms. The molecular weight excluding hydrogens is 250 g/mol. The summed E-state index contributed by atoms with van der Waals surface area (Å²) < 4.78 is 53.5. The summed E-state index contributed by atoms with van der Waals surface area (Å²) in [7, 11) is 0. The van der Waals surface area contributed by atoms with E-state index in [0.29, 0.717) is 5.92 Å². The Balaban J connectivity index is 2.23. The minimum atomic E-state index is -4.08. The Morgan fingerprint density at radius 3 is 2.28 bits per heavy atom. The van der Waals surface area contributed by atoms with Crippen LogP contribution in [0.15, 0.2) is 0 Å². The molecule has 0 aromatic carbocycles. The van der Waals surface area contributed by atoms with Crippen LogP contribution in [0.5, 0.6) is 0 Å². The molecule has 18 heavy (non-hydrogen) atoms. The Labute approximate surface area is 105 Å². The average molecular weight is 271 g/mol. The minimum Gasteiger partial charge on any atom is -0.373 e. The fraction of sp³-hybridized carbons (Fsp3) is 1.00. The van der Waals surface area contributed by atoms with Crippen LogP contribution >= 0.6 is 0 Å². The largest absolute Gasteiger partial charge is 0.373 e. The highest BCUT2D eigenvalue weighted by molar-refractivity contribution is 4.79. The van der Waals surface area contributed by atoms with Gasteiger partial charge >= 0.3 is 12.3 Å². The first-order valence-corrected chi connectivity index (χ1v) is 6.32. The Morgan fingerprint density at radius 2 is 1.78 bits per heavy atom. The molecule has 6 heteroatoms. The number of halogens is 4. The van der Waals surface area contributed by atoms with E-state index in [4.69, 9.17) is 5.73 Å². The molecule has 2 nitrogen and oxygen atoms in total. The summed E-state index contributed by atoms with van der Waals surface area (Å²) in [5, 5.41) is 0. The van der Waals surface area contributed by atoms with Gasteiger partial charge in [-0.3, -0.25) is 0 Å². The third-order valence-electron chi connectivity index (χ3n) is 3.59. The van der Waals surface area contributed by atoms with Crippen LogP contribution in [0.2, 0.25) is 0 Å². The summed E-state index contributed by atoms with van der Waals surface area (Å²) in [5.41, 5.74) is 5.84. The van der Waals surface area contributed by atoms with E-state index in [-0.39, 0.29) is 18.6 Å². The molecule has 0 aromatic heterocycles. The minimum absolute atomic E-state index is 0.0820. The molecule has 0 bridgehead atoms. The van der Waals surface area contributed by atoms with Crippen LogP contribution in [0.25, 0.3) is 0 Å². The van der Waals surface area contributed by atoms with E-state index >= 15 is 0 Å². The molecule has 2 N–H and O–H groups in total. The van der Waals surface area contributed by atoms with Crippen molar-refractivity contribution in [2.24, 2.45) is 17.6 Å². The van der Waals surface area contributed by atoms with E-state index in [9.17, 15) is 17.6 Å². The average Bonchev–Trinajstić information content (AvgIpc) is 2.29.